The number of phenols is 1. The summed E-state index contributed by atoms with van der Waals surface area (Å²) in [7, 11) is 3.09. The minimum Gasteiger partial charge on any atom is -0.510 e. The minimum absolute atomic E-state index is 0.0331. The topological polar surface area (TPSA) is 228 Å². The number of carbonyl (C=O) groups is 5. The summed E-state index contributed by atoms with van der Waals surface area (Å²) in [6.45, 7) is 0. The Labute approximate surface area is 222 Å². The number of carboxylic acid groups (broad SMARTS) is 1. The Morgan fingerprint density at radius 2 is 1.79 bits per heavy atom. The van der Waals surface area contributed by atoms with Crippen LogP contribution in [0.25, 0.3) is 0 Å². The predicted octanol–water partition coefficient (Wildman–Crippen LogP) is 0.314. The van der Waals surface area contributed by atoms with Gasteiger partial charge >= 0.3 is 5.97 Å². The number of carboxylic acids is 1. The molecule has 13 nitrogen and oxygen atoms in total. The van der Waals surface area contributed by atoms with E-state index in [1.54, 1.807) is 14.1 Å². The Hall–Kier alpha value is -4.23. The van der Waals surface area contributed by atoms with Crippen molar-refractivity contribution >= 4 is 35.0 Å². The zero-order valence-corrected chi connectivity index (χ0v) is 21.2. The Bertz CT molecular complexity index is 1380. The van der Waals surface area contributed by atoms with Crippen molar-refractivity contribution in [2.24, 2.45) is 17.6 Å². The summed E-state index contributed by atoms with van der Waals surface area (Å²) in [5.74, 6) is -9.20. The molecular formula is C26H29N3O10. The van der Waals surface area contributed by atoms with Gasteiger partial charge in [0, 0.05) is 24.3 Å². The molecule has 4 rings (SSSR count). The normalized spacial score (nSPS) is 26.2. The third-order valence-electron chi connectivity index (χ3n) is 7.66. The van der Waals surface area contributed by atoms with Crippen molar-refractivity contribution in [2.45, 2.75) is 43.7 Å². The van der Waals surface area contributed by atoms with Crippen molar-refractivity contribution in [1.29, 1.82) is 0 Å². The number of benzene rings is 1. The number of nitrogens with zero attached hydrogens (tertiary/aromatic N) is 1. The highest BCUT2D eigenvalue weighted by molar-refractivity contribution is 6.25. The average molecular weight is 544 g/mol. The van der Waals surface area contributed by atoms with E-state index >= 15 is 0 Å². The maximum Gasteiger partial charge on any atom is 0.303 e. The van der Waals surface area contributed by atoms with Crippen LogP contribution >= 0.6 is 0 Å². The van der Waals surface area contributed by atoms with Crippen molar-refractivity contribution in [1.82, 2.24) is 4.90 Å². The van der Waals surface area contributed by atoms with Crippen LogP contribution in [0.2, 0.25) is 0 Å². The first-order valence-corrected chi connectivity index (χ1v) is 12.2. The number of hydrogen-bond acceptors (Lipinski definition) is 10. The number of hydrogen-bond donors (Lipinski definition) is 7. The number of Topliss-reactive ketones (excluding diaryl/α,β-unsaturated/α-hetero) is 2. The van der Waals surface area contributed by atoms with Gasteiger partial charge in [0.1, 0.15) is 17.1 Å². The highest BCUT2D eigenvalue weighted by atomic mass is 16.4. The lowest BCUT2D eigenvalue weighted by Crippen LogP contribution is -2.63. The quantitative estimate of drug-likeness (QED) is 0.183. The lowest BCUT2D eigenvalue weighted by atomic mass is 9.58. The van der Waals surface area contributed by atoms with Crippen molar-refractivity contribution in [3.05, 3.63) is 45.9 Å². The first-order chi connectivity index (χ1) is 18.2. The molecule has 8 N–H and O–H groups in total. The van der Waals surface area contributed by atoms with Gasteiger partial charge in [-0.1, -0.05) is 6.07 Å². The van der Waals surface area contributed by atoms with Crippen LogP contribution in [0.1, 0.15) is 41.6 Å². The summed E-state index contributed by atoms with van der Waals surface area (Å²) in [6, 6.07) is 1.83. The molecule has 0 aliphatic heterocycles. The number of aliphatic hydroxyl groups is 3. The van der Waals surface area contributed by atoms with E-state index in [9.17, 15) is 44.4 Å². The lowest BCUT2D eigenvalue weighted by molar-refractivity contribution is -0.148. The van der Waals surface area contributed by atoms with Crippen LogP contribution in [0.15, 0.2) is 34.8 Å². The number of amides is 2. The second-order valence-corrected chi connectivity index (χ2v) is 10.3. The summed E-state index contributed by atoms with van der Waals surface area (Å²) in [5, 5.41) is 55.7. The van der Waals surface area contributed by atoms with Gasteiger partial charge in [0.2, 0.25) is 11.7 Å². The molecule has 2 amide bonds. The smallest absolute Gasteiger partial charge is 0.303 e. The van der Waals surface area contributed by atoms with Crippen molar-refractivity contribution in [3.63, 3.8) is 0 Å². The standard InChI is InChI=1S/C26H29N3O10/c1-29(2)19-12-9-11-8-10-6-7-13(28-14(30)4-3-5-15(31)32)20(33)16(10)21(34)17(11)23(36)26(12,39)24(37)18(22(19)35)25(27)38/h6-7,11-12,19,33,35-36,39H,3-5,8-9H2,1-2H3,(H2,27,38)(H,28,30)(H,31,32)/t11-,12-,19?,26-/m0/s1. The van der Waals surface area contributed by atoms with Crippen molar-refractivity contribution in [2.75, 3.05) is 19.4 Å². The fourth-order valence-corrected chi connectivity index (χ4v) is 5.94. The molecule has 0 spiro atoms. The number of aromatic hydroxyl groups is 1. The fraction of sp³-hybridized carbons (Fsp3) is 0.423. The molecule has 0 radical (unpaired) electrons. The highest BCUT2D eigenvalue weighted by Gasteiger charge is 2.63. The van der Waals surface area contributed by atoms with Gasteiger partial charge in [-0.3, -0.25) is 28.9 Å². The van der Waals surface area contributed by atoms with Gasteiger partial charge in [-0.25, -0.2) is 0 Å². The first-order valence-electron chi connectivity index (χ1n) is 12.2. The zero-order chi connectivity index (χ0) is 29.0. The van der Waals surface area contributed by atoms with Crippen molar-refractivity contribution in [3.8, 4) is 5.75 Å². The Morgan fingerprint density at radius 1 is 1.13 bits per heavy atom. The van der Waals surface area contributed by atoms with Gasteiger partial charge in [-0.05, 0) is 50.9 Å². The molecule has 4 atom stereocenters. The van der Waals surface area contributed by atoms with Gasteiger partial charge in [-0.2, -0.15) is 0 Å². The largest absolute Gasteiger partial charge is 0.510 e. The first kappa shape index (κ1) is 27.8. The van der Waals surface area contributed by atoms with E-state index in [0.29, 0.717) is 5.56 Å². The molecule has 0 bridgehead atoms. The number of rotatable bonds is 7. The predicted molar refractivity (Wildman–Crippen MR) is 134 cm³/mol. The second kappa shape index (κ2) is 9.82. The number of phenolic OH excluding ortho intramolecular Hbond substituents is 1. The number of aliphatic hydroxyl groups excluding tert-OH is 2. The molecule has 0 aromatic heterocycles. The Kier molecular flexibility index (Phi) is 7.00. The number of fused-ring (bicyclic) bond motifs is 3. The molecule has 0 fully saturated rings. The van der Waals surface area contributed by atoms with E-state index in [-0.39, 0.29) is 48.9 Å². The van der Waals surface area contributed by atoms with E-state index in [1.807, 2.05) is 0 Å². The number of likely N-dealkylation sites (N-methyl/N-ethyl adjacent to an activating group) is 1. The van der Waals surface area contributed by atoms with Gasteiger partial charge in [0.25, 0.3) is 5.91 Å². The maximum absolute atomic E-state index is 13.6. The summed E-state index contributed by atoms with van der Waals surface area (Å²) >= 11 is 0. The number of primary amides is 1. The summed E-state index contributed by atoms with van der Waals surface area (Å²) < 4.78 is 0. The highest BCUT2D eigenvalue weighted by Crippen LogP contribution is 2.52. The van der Waals surface area contributed by atoms with Crippen LogP contribution in [0.3, 0.4) is 0 Å². The van der Waals surface area contributed by atoms with Crippen LogP contribution in [-0.4, -0.2) is 85.5 Å². The summed E-state index contributed by atoms with van der Waals surface area (Å²) in [4.78, 5) is 63.3. The monoisotopic (exact) mass is 543 g/mol. The van der Waals surface area contributed by atoms with E-state index in [4.69, 9.17) is 10.8 Å². The number of nitrogens with one attached hydrogen (secondary N) is 1. The number of allylic oxidation sites excluding steroid dienone is 1. The maximum atomic E-state index is 13.6. The number of carbonyl (C=O) groups excluding carboxylic acids is 4. The molecule has 1 unspecified atom stereocenters. The number of ketones is 2. The van der Waals surface area contributed by atoms with E-state index in [1.165, 1.54) is 17.0 Å². The number of nitrogens with two attached hydrogens (primary N) is 1. The molecular weight excluding hydrogens is 514 g/mol. The SMILES string of the molecule is CN(C)C1C(O)=C(C(N)=O)C(=O)[C@@]2(O)C(O)=C3C(=O)c4c(ccc(NC(=O)CCCC(=O)O)c4O)C[C@H]3C[C@@H]12. The third-order valence-corrected chi connectivity index (χ3v) is 7.66. The molecule has 0 saturated heterocycles. The van der Waals surface area contributed by atoms with E-state index in [2.05, 4.69) is 5.32 Å². The van der Waals surface area contributed by atoms with E-state index < -0.39 is 75.7 Å². The van der Waals surface area contributed by atoms with Gasteiger partial charge in [0.05, 0.1) is 17.3 Å². The Balaban J connectivity index is 1.76. The van der Waals surface area contributed by atoms with Crippen LogP contribution < -0.4 is 11.1 Å². The van der Waals surface area contributed by atoms with Crippen LogP contribution in [-0.2, 0) is 25.6 Å². The molecule has 3 aliphatic carbocycles. The molecule has 1 aromatic rings. The molecule has 1 aromatic carbocycles. The lowest BCUT2D eigenvalue weighted by Gasteiger charge is -2.50. The molecule has 3 aliphatic rings. The van der Waals surface area contributed by atoms with Crippen LogP contribution in [0.5, 0.6) is 5.75 Å². The second-order valence-electron chi connectivity index (χ2n) is 10.3. The van der Waals surface area contributed by atoms with Gasteiger partial charge < -0.3 is 36.6 Å². The average Bonchev–Trinajstić information content (AvgIpc) is 2.82. The van der Waals surface area contributed by atoms with Gasteiger partial charge in [0.15, 0.2) is 17.1 Å². The molecule has 13 heteroatoms. The number of anilines is 1. The van der Waals surface area contributed by atoms with Crippen LogP contribution in [0.4, 0.5) is 5.69 Å². The molecule has 208 valence electrons. The van der Waals surface area contributed by atoms with E-state index in [0.717, 1.165) is 0 Å². The molecule has 0 saturated carbocycles. The van der Waals surface area contributed by atoms with Crippen molar-refractivity contribution < 1.29 is 49.5 Å². The molecule has 39 heavy (non-hydrogen) atoms. The minimum atomic E-state index is -2.74. The zero-order valence-electron chi connectivity index (χ0n) is 21.2. The fourth-order valence-electron chi connectivity index (χ4n) is 5.94. The van der Waals surface area contributed by atoms with Crippen LogP contribution in [0, 0.1) is 11.8 Å². The van der Waals surface area contributed by atoms with Gasteiger partial charge in [-0.15, -0.1) is 0 Å². The molecule has 0 heterocycles. The summed E-state index contributed by atoms with van der Waals surface area (Å²) in [6.07, 6.45) is -0.216. The Morgan fingerprint density at radius 3 is 2.38 bits per heavy atom. The summed E-state index contributed by atoms with van der Waals surface area (Å²) in [5.41, 5.74) is 1.42. The third kappa shape index (κ3) is 4.33. The number of aliphatic carboxylic acids is 1.